The summed E-state index contributed by atoms with van der Waals surface area (Å²) in [5.41, 5.74) is 17.1. The van der Waals surface area contributed by atoms with Gasteiger partial charge in [-0.15, -0.1) is 0 Å². The third kappa shape index (κ3) is 6.03. The Kier molecular flexibility index (Phi) is 8.68. The summed E-state index contributed by atoms with van der Waals surface area (Å²) in [7, 11) is -1.39. The second-order valence-corrected chi connectivity index (χ2v) is 15.2. The van der Waals surface area contributed by atoms with Gasteiger partial charge in [0, 0.05) is 27.1 Å². The van der Waals surface area contributed by atoms with Gasteiger partial charge in [0.25, 0.3) is 0 Å². The van der Waals surface area contributed by atoms with Gasteiger partial charge in [0.2, 0.25) is 0 Å². The number of furan rings is 2. The third-order valence-corrected chi connectivity index (χ3v) is 11.6. The maximum atomic E-state index is 9.16. The molecule has 2 aliphatic carbocycles. The van der Waals surface area contributed by atoms with Gasteiger partial charge < -0.3 is 18.9 Å². The Morgan fingerprint density at radius 1 is 0.411 bits per heavy atom. The van der Waals surface area contributed by atoms with E-state index >= 15 is 0 Å². The number of benzene rings is 8. The standard InChI is InChI=1S/C25H16O.C13H11BO2.C12H7BrO/c1-2-7-19-16(6-1)14-17-12-13-18(15-23(17)19)20-9-5-10-22-21-8-3-4-11-24(21)26-25(20)22;15-14(16)11-6-5-10-7-9-3-1-2-4-12(9)13(10)8-11;13-10-6-3-5-9-8-4-1-2-7-11(8)14-12(9)10/h1-13,15H,14H2;1-6,8,15-16H,7H2;1-7H. The van der Waals surface area contributed by atoms with Gasteiger partial charge in [-0.3, -0.25) is 0 Å². The van der Waals surface area contributed by atoms with E-state index in [0.717, 1.165) is 56.2 Å². The van der Waals surface area contributed by atoms with Crippen molar-refractivity contribution in [3.05, 3.63) is 197 Å². The smallest absolute Gasteiger partial charge is 0.455 e. The van der Waals surface area contributed by atoms with E-state index in [1.165, 1.54) is 60.7 Å². The second kappa shape index (κ2) is 14.2. The topological polar surface area (TPSA) is 66.7 Å². The molecule has 6 heteroatoms. The molecule has 0 fully saturated rings. The summed E-state index contributed by atoms with van der Waals surface area (Å²) < 4.78 is 13.0. The minimum Gasteiger partial charge on any atom is -0.455 e. The molecular formula is C50H34BBrO4. The molecule has 0 saturated heterocycles. The first kappa shape index (κ1) is 34.3. The average molecular weight is 790 g/mol. The van der Waals surface area contributed by atoms with E-state index in [0.29, 0.717) is 5.46 Å². The highest BCUT2D eigenvalue weighted by molar-refractivity contribution is 9.10. The van der Waals surface area contributed by atoms with Gasteiger partial charge in [0.15, 0.2) is 0 Å². The molecule has 4 nitrogen and oxygen atoms in total. The molecule has 56 heavy (non-hydrogen) atoms. The normalized spacial score (nSPS) is 12.1. The van der Waals surface area contributed by atoms with Gasteiger partial charge in [-0.1, -0.05) is 146 Å². The van der Waals surface area contributed by atoms with E-state index in [-0.39, 0.29) is 0 Å². The van der Waals surface area contributed by atoms with Crippen LogP contribution in [0.4, 0.5) is 0 Å². The molecular weight excluding hydrogens is 755 g/mol. The monoisotopic (exact) mass is 788 g/mol. The first-order valence-corrected chi connectivity index (χ1v) is 19.5. The first-order valence-electron chi connectivity index (χ1n) is 18.7. The third-order valence-electron chi connectivity index (χ3n) is 11.0. The molecule has 0 atom stereocenters. The van der Waals surface area contributed by atoms with Crippen LogP contribution in [-0.2, 0) is 12.8 Å². The van der Waals surface area contributed by atoms with Gasteiger partial charge >= 0.3 is 7.12 Å². The number of para-hydroxylation sites is 4. The predicted octanol–water partition coefficient (Wildman–Crippen LogP) is 12.1. The largest absolute Gasteiger partial charge is 0.488 e. The molecule has 2 N–H and O–H groups in total. The molecule has 2 aromatic heterocycles. The lowest BCUT2D eigenvalue weighted by atomic mass is 9.79. The van der Waals surface area contributed by atoms with Gasteiger partial charge in [-0.25, -0.2) is 0 Å². The zero-order valence-electron chi connectivity index (χ0n) is 30.2. The molecule has 268 valence electrons. The number of hydrogen-bond donors (Lipinski definition) is 2. The highest BCUT2D eigenvalue weighted by Crippen LogP contribution is 2.42. The minimum absolute atomic E-state index is 0.551. The number of rotatable bonds is 2. The molecule has 0 aliphatic heterocycles. The minimum atomic E-state index is -1.39. The Morgan fingerprint density at radius 3 is 1.55 bits per heavy atom. The second-order valence-electron chi connectivity index (χ2n) is 14.3. The van der Waals surface area contributed by atoms with Crippen LogP contribution in [-0.4, -0.2) is 17.2 Å². The Labute approximate surface area is 332 Å². The zero-order valence-corrected chi connectivity index (χ0v) is 31.8. The Bertz CT molecular complexity index is 3100. The van der Waals surface area contributed by atoms with Crippen molar-refractivity contribution < 1.29 is 18.9 Å². The summed E-state index contributed by atoms with van der Waals surface area (Å²) >= 11 is 3.48. The van der Waals surface area contributed by atoms with Crippen LogP contribution >= 0.6 is 15.9 Å². The summed E-state index contributed by atoms with van der Waals surface area (Å²) in [5.74, 6) is 0. The fourth-order valence-electron chi connectivity index (χ4n) is 8.28. The number of fused-ring (bicyclic) bond motifs is 12. The molecule has 0 amide bonds. The van der Waals surface area contributed by atoms with Crippen LogP contribution in [0.2, 0.25) is 0 Å². The van der Waals surface area contributed by atoms with Crippen LogP contribution in [0.5, 0.6) is 0 Å². The molecule has 0 bridgehead atoms. The number of halogens is 1. The van der Waals surface area contributed by atoms with Crippen molar-refractivity contribution in [2.45, 2.75) is 12.8 Å². The summed E-state index contributed by atoms with van der Waals surface area (Å²) in [6.07, 6.45) is 1.97. The fraction of sp³-hybridized carbons (Fsp3) is 0.0400. The van der Waals surface area contributed by atoms with E-state index in [9.17, 15) is 0 Å². The molecule has 8 aromatic carbocycles. The van der Waals surface area contributed by atoms with Crippen molar-refractivity contribution in [2.75, 3.05) is 0 Å². The lowest BCUT2D eigenvalue weighted by Gasteiger charge is -2.07. The Hall–Kier alpha value is -6.18. The predicted molar refractivity (Wildman–Crippen MR) is 233 cm³/mol. The Balaban J connectivity index is 0.000000110. The molecule has 12 rings (SSSR count). The van der Waals surface area contributed by atoms with E-state index in [4.69, 9.17) is 18.9 Å². The molecule has 0 radical (unpaired) electrons. The van der Waals surface area contributed by atoms with Crippen molar-refractivity contribution in [1.29, 1.82) is 0 Å². The summed E-state index contributed by atoms with van der Waals surface area (Å²) in [6.45, 7) is 0. The van der Waals surface area contributed by atoms with Gasteiger partial charge in [0.05, 0.1) is 4.47 Å². The SMILES string of the molecule is Brc1cccc2c1oc1ccccc12.OB(O)c1ccc2c(c1)-c1ccccc1C2.c1ccc2c(c1)Cc1ccc(-c3cccc4c3oc3ccccc34)cc1-2. The summed E-state index contributed by atoms with van der Waals surface area (Å²) in [4.78, 5) is 0. The average Bonchev–Trinajstić information content (AvgIpc) is 4.01. The summed E-state index contributed by atoms with van der Waals surface area (Å²) in [6, 6.07) is 58.2. The maximum Gasteiger partial charge on any atom is 0.488 e. The molecule has 2 heterocycles. The van der Waals surface area contributed by atoms with Crippen molar-refractivity contribution in [1.82, 2.24) is 0 Å². The van der Waals surface area contributed by atoms with E-state index in [1.807, 2.05) is 66.7 Å². The van der Waals surface area contributed by atoms with Gasteiger partial charge in [-0.05, 0) is 109 Å². The molecule has 10 aromatic rings. The molecule has 2 aliphatic rings. The van der Waals surface area contributed by atoms with Crippen LogP contribution in [0.1, 0.15) is 22.3 Å². The van der Waals surface area contributed by atoms with Crippen molar-refractivity contribution >= 4 is 72.4 Å². The highest BCUT2D eigenvalue weighted by Gasteiger charge is 2.21. The fourth-order valence-corrected chi connectivity index (χ4v) is 8.73. The van der Waals surface area contributed by atoms with E-state index < -0.39 is 7.12 Å². The lowest BCUT2D eigenvalue weighted by Crippen LogP contribution is -2.29. The maximum absolute atomic E-state index is 9.16. The summed E-state index contributed by atoms with van der Waals surface area (Å²) in [5, 5.41) is 23.0. The quantitative estimate of drug-likeness (QED) is 0.171. The van der Waals surface area contributed by atoms with Crippen molar-refractivity contribution in [3.8, 4) is 33.4 Å². The van der Waals surface area contributed by atoms with E-state index in [2.05, 4.69) is 113 Å². The van der Waals surface area contributed by atoms with Gasteiger partial charge in [-0.2, -0.15) is 0 Å². The molecule has 0 unspecified atom stereocenters. The lowest BCUT2D eigenvalue weighted by molar-refractivity contribution is 0.426. The van der Waals surface area contributed by atoms with Crippen LogP contribution in [0.3, 0.4) is 0 Å². The zero-order chi connectivity index (χ0) is 37.8. The van der Waals surface area contributed by atoms with Crippen LogP contribution in [0, 0.1) is 0 Å². The first-order chi connectivity index (χ1) is 27.5. The van der Waals surface area contributed by atoms with Crippen molar-refractivity contribution in [2.24, 2.45) is 0 Å². The van der Waals surface area contributed by atoms with Crippen LogP contribution in [0.25, 0.3) is 77.3 Å². The van der Waals surface area contributed by atoms with Gasteiger partial charge in [0.1, 0.15) is 22.3 Å². The van der Waals surface area contributed by atoms with Crippen LogP contribution in [0.15, 0.2) is 183 Å². The van der Waals surface area contributed by atoms with E-state index in [1.54, 1.807) is 6.07 Å². The molecule has 0 saturated carbocycles. The van der Waals surface area contributed by atoms with Crippen LogP contribution < -0.4 is 5.46 Å². The highest BCUT2D eigenvalue weighted by atomic mass is 79.9. The Morgan fingerprint density at radius 2 is 0.893 bits per heavy atom. The molecule has 0 spiro atoms. The van der Waals surface area contributed by atoms with Crippen molar-refractivity contribution in [3.63, 3.8) is 0 Å². The number of hydrogen-bond acceptors (Lipinski definition) is 4.